The molecule has 0 N–H and O–H groups in total. The Bertz CT molecular complexity index is 370. The molecule has 3 heteroatoms. The number of benzene rings is 1. The van der Waals surface area contributed by atoms with Gasteiger partial charge in [0.05, 0.1) is 4.91 Å². The topological polar surface area (TPSA) is 17.1 Å². The Labute approximate surface area is 98.3 Å². The number of thioether (sulfide) groups is 2. The van der Waals surface area contributed by atoms with Crippen LogP contribution in [0.15, 0.2) is 40.1 Å². The van der Waals surface area contributed by atoms with Crippen molar-refractivity contribution >= 4 is 29.8 Å². The van der Waals surface area contributed by atoms with Crippen LogP contribution in [-0.2, 0) is 11.2 Å². The Morgan fingerprint density at radius 1 is 1.13 bits per heavy atom. The van der Waals surface area contributed by atoms with Gasteiger partial charge in [0, 0.05) is 22.8 Å². The smallest absolute Gasteiger partial charge is 0.157 e. The molecule has 0 unspecified atom stereocenters. The monoisotopic (exact) mass is 236 g/mol. The van der Waals surface area contributed by atoms with E-state index in [9.17, 15) is 4.79 Å². The van der Waals surface area contributed by atoms with Gasteiger partial charge in [-0.05, 0) is 5.56 Å². The van der Waals surface area contributed by atoms with Gasteiger partial charge in [0.25, 0.3) is 0 Å². The molecule has 0 fully saturated rings. The molecule has 2 rings (SSSR count). The Morgan fingerprint density at radius 2 is 1.87 bits per heavy atom. The molecule has 78 valence electrons. The number of hydrogen-bond acceptors (Lipinski definition) is 3. The highest BCUT2D eigenvalue weighted by Gasteiger charge is 2.13. The van der Waals surface area contributed by atoms with E-state index < -0.39 is 0 Å². The van der Waals surface area contributed by atoms with Crippen LogP contribution in [0.25, 0.3) is 0 Å². The van der Waals surface area contributed by atoms with E-state index in [2.05, 4.69) is 12.1 Å². The third kappa shape index (κ3) is 2.89. The molecule has 0 aromatic heterocycles. The highest BCUT2D eigenvalue weighted by atomic mass is 32.2. The van der Waals surface area contributed by atoms with Crippen molar-refractivity contribution in [2.24, 2.45) is 0 Å². The van der Waals surface area contributed by atoms with Gasteiger partial charge in [0.1, 0.15) is 0 Å². The maximum absolute atomic E-state index is 10.9. The van der Waals surface area contributed by atoms with Crippen molar-refractivity contribution in [2.75, 3.05) is 11.5 Å². The van der Waals surface area contributed by atoms with Crippen LogP contribution >= 0.6 is 23.5 Å². The minimum Gasteiger partial charge on any atom is -0.297 e. The molecular formula is C12H12OS2. The lowest BCUT2D eigenvalue weighted by Crippen LogP contribution is -2.01. The first-order valence-corrected chi connectivity index (χ1v) is 6.85. The normalized spacial score (nSPS) is 16.5. The minimum atomic E-state index is 0.895. The quantitative estimate of drug-likeness (QED) is 0.751. The van der Waals surface area contributed by atoms with Crippen LogP contribution in [0, 0.1) is 0 Å². The van der Waals surface area contributed by atoms with E-state index in [4.69, 9.17) is 0 Å². The lowest BCUT2D eigenvalue weighted by atomic mass is 10.1. The highest BCUT2D eigenvalue weighted by Crippen LogP contribution is 2.34. The molecule has 0 saturated heterocycles. The first-order valence-electron chi connectivity index (χ1n) is 4.88. The molecule has 0 bridgehead atoms. The molecule has 0 saturated carbocycles. The Hall–Kier alpha value is -0.670. The van der Waals surface area contributed by atoms with Crippen LogP contribution in [0.5, 0.6) is 0 Å². The first-order chi connectivity index (χ1) is 7.40. The summed E-state index contributed by atoms with van der Waals surface area (Å²) in [5.41, 5.74) is 1.28. The molecule has 1 aromatic carbocycles. The zero-order chi connectivity index (χ0) is 10.5. The summed E-state index contributed by atoms with van der Waals surface area (Å²) in [5.74, 6) is 2.17. The second-order valence-corrected chi connectivity index (χ2v) is 5.59. The predicted octanol–water partition coefficient (Wildman–Crippen LogP) is 3.12. The maximum atomic E-state index is 10.9. The van der Waals surface area contributed by atoms with Gasteiger partial charge < -0.3 is 0 Å². The Morgan fingerprint density at radius 3 is 2.60 bits per heavy atom. The van der Waals surface area contributed by atoms with E-state index in [1.165, 1.54) is 10.5 Å². The molecule has 0 atom stereocenters. The van der Waals surface area contributed by atoms with Gasteiger partial charge in [-0.25, -0.2) is 0 Å². The predicted molar refractivity (Wildman–Crippen MR) is 68.2 cm³/mol. The first kappa shape index (κ1) is 10.8. The summed E-state index contributed by atoms with van der Waals surface area (Å²) < 4.78 is 0. The molecule has 1 aliphatic rings. The van der Waals surface area contributed by atoms with Gasteiger partial charge >= 0.3 is 0 Å². The van der Waals surface area contributed by atoms with Gasteiger partial charge in [0.2, 0.25) is 0 Å². The minimum absolute atomic E-state index is 0.895. The van der Waals surface area contributed by atoms with Crippen molar-refractivity contribution in [1.82, 2.24) is 0 Å². The van der Waals surface area contributed by atoms with Crippen molar-refractivity contribution in [3.63, 3.8) is 0 Å². The lowest BCUT2D eigenvalue weighted by molar-refractivity contribution is -0.104. The van der Waals surface area contributed by atoms with Crippen LogP contribution in [0.3, 0.4) is 0 Å². The van der Waals surface area contributed by atoms with E-state index in [-0.39, 0.29) is 0 Å². The van der Waals surface area contributed by atoms with Gasteiger partial charge in [-0.2, -0.15) is 0 Å². The number of aldehydes is 1. The number of hydrogen-bond donors (Lipinski definition) is 0. The molecule has 0 radical (unpaired) electrons. The molecule has 15 heavy (non-hydrogen) atoms. The van der Waals surface area contributed by atoms with Gasteiger partial charge in [-0.15, -0.1) is 23.5 Å². The highest BCUT2D eigenvalue weighted by molar-refractivity contribution is 8.10. The summed E-state index contributed by atoms with van der Waals surface area (Å²) in [6.07, 6.45) is 1.89. The molecular weight excluding hydrogens is 224 g/mol. The van der Waals surface area contributed by atoms with E-state index >= 15 is 0 Å². The molecule has 1 nitrogen and oxygen atoms in total. The lowest BCUT2D eigenvalue weighted by Gasteiger charge is -2.15. The van der Waals surface area contributed by atoms with E-state index in [0.29, 0.717) is 0 Å². The van der Waals surface area contributed by atoms with E-state index in [1.54, 1.807) is 11.8 Å². The standard InChI is InChI=1S/C12H12OS2/c13-9-12-11(14-6-7-15-12)8-10-4-2-1-3-5-10/h1-5,9H,6-8H2. The fraction of sp³-hybridized carbons (Fsp3) is 0.250. The molecule has 0 aliphatic carbocycles. The third-order valence-electron chi connectivity index (χ3n) is 2.21. The fourth-order valence-electron chi connectivity index (χ4n) is 1.49. The second-order valence-electron chi connectivity index (χ2n) is 3.26. The van der Waals surface area contributed by atoms with Gasteiger partial charge in [-0.1, -0.05) is 30.3 Å². The molecule has 0 spiro atoms. The molecule has 0 amide bonds. The van der Waals surface area contributed by atoms with E-state index in [0.717, 1.165) is 29.1 Å². The van der Waals surface area contributed by atoms with Crippen LogP contribution < -0.4 is 0 Å². The van der Waals surface area contributed by atoms with Crippen LogP contribution in [0.1, 0.15) is 5.56 Å². The Balaban J connectivity index is 2.16. The van der Waals surface area contributed by atoms with Crippen LogP contribution in [0.2, 0.25) is 0 Å². The van der Waals surface area contributed by atoms with Gasteiger partial charge in [-0.3, -0.25) is 4.79 Å². The number of allylic oxidation sites excluding steroid dienone is 2. The van der Waals surface area contributed by atoms with Crippen molar-refractivity contribution in [3.05, 3.63) is 45.7 Å². The second kappa shape index (κ2) is 5.42. The third-order valence-corrected chi connectivity index (χ3v) is 4.78. The maximum Gasteiger partial charge on any atom is 0.157 e. The van der Waals surface area contributed by atoms with Crippen LogP contribution in [-0.4, -0.2) is 17.8 Å². The largest absolute Gasteiger partial charge is 0.297 e. The summed E-state index contributed by atoms with van der Waals surface area (Å²) in [7, 11) is 0. The summed E-state index contributed by atoms with van der Waals surface area (Å²) >= 11 is 3.50. The average Bonchev–Trinajstić information content (AvgIpc) is 2.31. The van der Waals surface area contributed by atoms with E-state index in [1.807, 2.05) is 30.0 Å². The molecule has 1 aromatic rings. The summed E-state index contributed by atoms with van der Waals surface area (Å²) in [5, 5.41) is 0. The summed E-state index contributed by atoms with van der Waals surface area (Å²) in [4.78, 5) is 13.0. The molecule has 1 aliphatic heterocycles. The number of carbonyl (C=O) groups excluding carboxylic acids is 1. The van der Waals surface area contributed by atoms with Crippen molar-refractivity contribution in [3.8, 4) is 0 Å². The number of carbonyl (C=O) groups is 1. The summed E-state index contributed by atoms with van der Waals surface area (Å²) in [6, 6.07) is 10.3. The van der Waals surface area contributed by atoms with Gasteiger partial charge in [0.15, 0.2) is 6.29 Å². The zero-order valence-electron chi connectivity index (χ0n) is 8.31. The summed E-state index contributed by atoms with van der Waals surface area (Å²) in [6.45, 7) is 0. The SMILES string of the molecule is O=CC1=C(Cc2ccccc2)SCCS1. The molecule has 1 heterocycles. The van der Waals surface area contributed by atoms with Crippen LogP contribution in [0.4, 0.5) is 0 Å². The van der Waals surface area contributed by atoms with Crippen molar-refractivity contribution < 1.29 is 4.79 Å². The Kier molecular flexibility index (Phi) is 3.92. The van der Waals surface area contributed by atoms with Crippen molar-refractivity contribution in [1.29, 1.82) is 0 Å². The zero-order valence-corrected chi connectivity index (χ0v) is 9.94. The number of rotatable bonds is 3. The fourth-order valence-corrected chi connectivity index (χ4v) is 3.73. The average molecular weight is 236 g/mol. The van der Waals surface area contributed by atoms with Crippen molar-refractivity contribution in [2.45, 2.75) is 6.42 Å².